The maximum absolute atomic E-state index is 12.8. The van der Waals surface area contributed by atoms with Crippen LogP contribution in [0.4, 0.5) is 0 Å². The molecule has 0 amide bonds. The summed E-state index contributed by atoms with van der Waals surface area (Å²) in [6, 6.07) is -0.915. The minimum Gasteiger partial charge on any atom is -0.480 e. The van der Waals surface area contributed by atoms with Crippen LogP contribution in [-0.4, -0.2) is 53.8 Å². The van der Waals surface area contributed by atoms with Crippen LogP contribution in [0.3, 0.4) is 0 Å². The van der Waals surface area contributed by atoms with Crippen molar-refractivity contribution in [2.24, 2.45) is 5.92 Å². The number of hydrogen-bond donors (Lipinski definition) is 1. The van der Waals surface area contributed by atoms with E-state index in [2.05, 4.69) is 6.92 Å². The van der Waals surface area contributed by atoms with Gasteiger partial charge in [0.2, 0.25) is 0 Å². The molecule has 0 aromatic carbocycles. The molecule has 1 N–H and O–H groups in total. The molecule has 2 fully saturated rings. The highest BCUT2D eigenvalue weighted by Gasteiger charge is 2.41. The molecule has 0 spiro atoms. The number of carboxylic acid groups (broad SMARTS) is 1. The SMILES string of the molecule is CC1CCCC(N(C)S(=O)(=O)N2CCCCC2C(=O)O)C1. The second-order valence-corrected chi connectivity index (χ2v) is 8.35. The van der Waals surface area contributed by atoms with Crippen molar-refractivity contribution >= 4 is 16.2 Å². The summed E-state index contributed by atoms with van der Waals surface area (Å²) < 4.78 is 28.2. The quantitative estimate of drug-likeness (QED) is 0.855. The van der Waals surface area contributed by atoms with Gasteiger partial charge in [-0.15, -0.1) is 0 Å². The maximum Gasteiger partial charge on any atom is 0.322 e. The van der Waals surface area contributed by atoms with E-state index >= 15 is 0 Å². The highest BCUT2D eigenvalue weighted by Crippen LogP contribution is 2.30. The van der Waals surface area contributed by atoms with Gasteiger partial charge in [0.1, 0.15) is 6.04 Å². The third-order valence-electron chi connectivity index (χ3n) is 4.82. The largest absolute Gasteiger partial charge is 0.480 e. The predicted molar refractivity (Wildman–Crippen MR) is 80.1 cm³/mol. The Labute approximate surface area is 127 Å². The van der Waals surface area contributed by atoms with E-state index in [0.29, 0.717) is 18.9 Å². The predicted octanol–water partition coefficient (Wildman–Crippen LogP) is 1.68. The molecule has 1 aliphatic heterocycles. The van der Waals surface area contributed by atoms with Gasteiger partial charge in [0.25, 0.3) is 10.2 Å². The molecule has 21 heavy (non-hydrogen) atoms. The summed E-state index contributed by atoms with van der Waals surface area (Å²) in [5.74, 6) is -0.512. The van der Waals surface area contributed by atoms with Crippen LogP contribution >= 0.6 is 0 Å². The Hall–Kier alpha value is -0.660. The minimum atomic E-state index is -3.69. The Morgan fingerprint density at radius 2 is 1.90 bits per heavy atom. The Bertz CT molecular complexity index is 479. The normalized spacial score (nSPS) is 32.2. The van der Waals surface area contributed by atoms with Gasteiger partial charge in [0, 0.05) is 19.6 Å². The van der Waals surface area contributed by atoms with E-state index in [9.17, 15) is 18.3 Å². The highest BCUT2D eigenvalue weighted by molar-refractivity contribution is 7.86. The number of aliphatic carboxylic acids is 1. The lowest BCUT2D eigenvalue weighted by molar-refractivity contribution is -0.142. The lowest BCUT2D eigenvalue weighted by atomic mass is 9.87. The van der Waals surface area contributed by atoms with E-state index in [1.807, 2.05) is 0 Å². The number of piperidine rings is 1. The van der Waals surface area contributed by atoms with Crippen molar-refractivity contribution in [2.45, 2.75) is 64.0 Å². The first-order chi connectivity index (χ1) is 9.84. The molecule has 7 heteroatoms. The number of carboxylic acids is 1. The van der Waals surface area contributed by atoms with Crippen molar-refractivity contribution in [1.29, 1.82) is 0 Å². The molecule has 2 aliphatic rings. The summed E-state index contributed by atoms with van der Waals surface area (Å²) in [7, 11) is -2.09. The van der Waals surface area contributed by atoms with Crippen molar-refractivity contribution in [2.75, 3.05) is 13.6 Å². The molecule has 0 aromatic rings. The zero-order valence-electron chi connectivity index (χ0n) is 12.9. The van der Waals surface area contributed by atoms with Crippen molar-refractivity contribution in [3.8, 4) is 0 Å². The van der Waals surface area contributed by atoms with Crippen LogP contribution in [0.25, 0.3) is 0 Å². The van der Waals surface area contributed by atoms with Crippen LogP contribution in [0, 0.1) is 5.92 Å². The lowest BCUT2D eigenvalue weighted by Crippen LogP contribution is -2.54. The zero-order chi connectivity index (χ0) is 15.6. The van der Waals surface area contributed by atoms with E-state index in [1.165, 1.54) is 8.61 Å². The van der Waals surface area contributed by atoms with Gasteiger partial charge in [-0.05, 0) is 38.0 Å². The average molecular weight is 318 g/mol. The number of carbonyl (C=O) groups is 1. The van der Waals surface area contributed by atoms with Gasteiger partial charge in [-0.1, -0.05) is 19.8 Å². The molecule has 3 unspecified atom stereocenters. The van der Waals surface area contributed by atoms with E-state index in [-0.39, 0.29) is 6.04 Å². The van der Waals surface area contributed by atoms with Gasteiger partial charge in [0.15, 0.2) is 0 Å². The maximum atomic E-state index is 12.8. The molecule has 1 saturated heterocycles. The van der Waals surface area contributed by atoms with Crippen molar-refractivity contribution in [3.05, 3.63) is 0 Å². The molecule has 0 aromatic heterocycles. The van der Waals surface area contributed by atoms with Gasteiger partial charge >= 0.3 is 5.97 Å². The molecule has 0 bridgehead atoms. The Kier molecular flexibility index (Phi) is 5.27. The van der Waals surface area contributed by atoms with E-state index in [0.717, 1.165) is 38.5 Å². The molecule has 1 saturated carbocycles. The molecule has 122 valence electrons. The average Bonchev–Trinajstić information content (AvgIpc) is 2.46. The number of hydrogen-bond acceptors (Lipinski definition) is 3. The summed E-state index contributed by atoms with van der Waals surface area (Å²) in [6.07, 6.45) is 5.82. The zero-order valence-corrected chi connectivity index (χ0v) is 13.7. The van der Waals surface area contributed by atoms with Crippen LogP contribution in [0.15, 0.2) is 0 Å². The minimum absolute atomic E-state index is 0.00452. The summed E-state index contributed by atoms with van der Waals surface area (Å²) in [6.45, 7) is 2.46. The first-order valence-corrected chi connectivity index (χ1v) is 9.21. The third-order valence-corrected chi connectivity index (χ3v) is 6.88. The van der Waals surface area contributed by atoms with Crippen molar-refractivity contribution in [1.82, 2.24) is 8.61 Å². The van der Waals surface area contributed by atoms with Crippen molar-refractivity contribution < 1.29 is 18.3 Å². The van der Waals surface area contributed by atoms with Crippen LogP contribution in [0.5, 0.6) is 0 Å². The molecule has 6 nitrogen and oxygen atoms in total. The van der Waals surface area contributed by atoms with Crippen LogP contribution in [0.1, 0.15) is 51.9 Å². The first kappa shape index (κ1) is 16.7. The molecular formula is C14H26N2O4S. The van der Waals surface area contributed by atoms with E-state index in [1.54, 1.807) is 7.05 Å². The smallest absolute Gasteiger partial charge is 0.322 e. The van der Waals surface area contributed by atoms with Gasteiger partial charge in [-0.25, -0.2) is 0 Å². The summed E-state index contributed by atoms with van der Waals surface area (Å²) in [5.41, 5.74) is 0. The monoisotopic (exact) mass is 318 g/mol. The Morgan fingerprint density at radius 1 is 1.19 bits per heavy atom. The summed E-state index contributed by atoms with van der Waals surface area (Å²) in [4.78, 5) is 11.3. The second-order valence-electron chi connectivity index (χ2n) is 6.41. The molecular weight excluding hydrogens is 292 g/mol. The molecule has 0 radical (unpaired) electrons. The summed E-state index contributed by atoms with van der Waals surface area (Å²) in [5, 5.41) is 9.28. The van der Waals surface area contributed by atoms with Crippen LogP contribution in [-0.2, 0) is 15.0 Å². The molecule has 1 heterocycles. The molecule has 2 rings (SSSR count). The third kappa shape index (κ3) is 3.57. The first-order valence-electron chi connectivity index (χ1n) is 7.81. The van der Waals surface area contributed by atoms with Gasteiger partial charge in [0.05, 0.1) is 0 Å². The fraction of sp³-hybridized carbons (Fsp3) is 0.929. The number of nitrogens with zero attached hydrogens (tertiary/aromatic N) is 2. The Morgan fingerprint density at radius 3 is 2.52 bits per heavy atom. The molecule has 1 aliphatic carbocycles. The van der Waals surface area contributed by atoms with Crippen molar-refractivity contribution in [3.63, 3.8) is 0 Å². The van der Waals surface area contributed by atoms with Gasteiger partial charge < -0.3 is 5.11 Å². The fourth-order valence-corrected chi connectivity index (χ4v) is 5.29. The lowest BCUT2D eigenvalue weighted by Gasteiger charge is -2.39. The Balaban J connectivity index is 2.17. The molecule has 3 atom stereocenters. The van der Waals surface area contributed by atoms with Gasteiger partial charge in [-0.3, -0.25) is 4.79 Å². The number of rotatable bonds is 4. The highest BCUT2D eigenvalue weighted by atomic mass is 32.2. The fourth-order valence-electron chi connectivity index (χ4n) is 3.51. The standard InChI is InChI=1S/C14H26N2O4S/c1-11-6-5-7-12(10-11)15(2)21(19,20)16-9-4-3-8-13(16)14(17)18/h11-13H,3-10H2,1-2H3,(H,17,18). The van der Waals surface area contributed by atoms with E-state index in [4.69, 9.17) is 0 Å². The van der Waals surface area contributed by atoms with Crippen LogP contribution in [0.2, 0.25) is 0 Å². The second kappa shape index (κ2) is 6.62. The summed E-state index contributed by atoms with van der Waals surface area (Å²) >= 11 is 0. The van der Waals surface area contributed by atoms with Crippen LogP contribution < -0.4 is 0 Å². The van der Waals surface area contributed by atoms with E-state index < -0.39 is 22.2 Å². The van der Waals surface area contributed by atoms with Gasteiger partial charge in [-0.2, -0.15) is 17.0 Å². The topological polar surface area (TPSA) is 77.9 Å².